The summed E-state index contributed by atoms with van der Waals surface area (Å²) in [7, 11) is 0. The average molecular weight is 331 g/mol. The molecule has 1 aromatic carbocycles. The molecular weight excluding hydrogens is 308 g/mol. The van der Waals surface area contributed by atoms with Crippen molar-refractivity contribution in [1.29, 1.82) is 0 Å². The fourth-order valence-electron chi connectivity index (χ4n) is 2.75. The van der Waals surface area contributed by atoms with Crippen molar-refractivity contribution in [2.45, 2.75) is 59.0 Å². The molecule has 0 aliphatic rings. The van der Waals surface area contributed by atoms with Gasteiger partial charge in [-0.3, -0.25) is 0 Å². The lowest BCUT2D eigenvalue weighted by Gasteiger charge is -2.18. The van der Waals surface area contributed by atoms with Gasteiger partial charge in [-0.15, -0.1) is 0 Å². The molecule has 0 unspecified atom stereocenters. The first-order valence-corrected chi connectivity index (χ1v) is 8.41. The Morgan fingerprint density at radius 3 is 2.67 bits per heavy atom. The summed E-state index contributed by atoms with van der Waals surface area (Å²) in [6.45, 7) is 5.74. The lowest BCUT2D eigenvalue weighted by molar-refractivity contribution is -0.313. The van der Waals surface area contributed by atoms with Gasteiger partial charge in [0.1, 0.15) is 17.4 Å². The number of carbonyl (C=O) groups excluding carboxylic acids is 1. The maximum atomic E-state index is 12.2. The molecule has 24 heavy (non-hydrogen) atoms. The van der Waals surface area contributed by atoms with E-state index in [1.165, 1.54) is 0 Å². The average Bonchev–Trinajstić information content (AvgIpc) is 2.55. The van der Waals surface area contributed by atoms with Crippen LogP contribution in [0.2, 0.25) is 0 Å². The van der Waals surface area contributed by atoms with E-state index in [-0.39, 0.29) is 5.63 Å². The van der Waals surface area contributed by atoms with Gasteiger partial charge in [0.2, 0.25) is 0 Å². The maximum absolute atomic E-state index is 12.2. The van der Waals surface area contributed by atoms with Gasteiger partial charge in [0, 0.05) is 17.0 Å². The molecule has 0 bridgehead atoms. The highest BCUT2D eigenvalue weighted by Gasteiger charge is 2.14. The molecule has 2 rings (SSSR count). The molecule has 5 nitrogen and oxygen atoms in total. The van der Waals surface area contributed by atoms with Gasteiger partial charge in [-0.05, 0) is 43.9 Å². The second-order valence-electron chi connectivity index (χ2n) is 5.94. The third kappa shape index (κ3) is 3.96. The Bertz CT molecular complexity index is 775. The Morgan fingerprint density at radius 1 is 1.29 bits per heavy atom. The number of benzene rings is 1. The van der Waals surface area contributed by atoms with E-state index in [0.717, 1.165) is 30.2 Å². The molecular formula is C19H23O5-. The van der Waals surface area contributed by atoms with E-state index in [0.29, 0.717) is 29.7 Å². The van der Waals surface area contributed by atoms with Crippen molar-refractivity contribution in [2.75, 3.05) is 0 Å². The number of hydrogen-bond acceptors (Lipinski definition) is 5. The maximum Gasteiger partial charge on any atom is 0.339 e. The molecule has 0 N–H and O–H groups in total. The number of carboxylic acid groups (broad SMARTS) is 1. The van der Waals surface area contributed by atoms with Crippen LogP contribution < -0.4 is 15.5 Å². The zero-order valence-electron chi connectivity index (χ0n) is 14.4. The predicted octanol–water partition coefficient (Wildman–Crippen LogP) is 2.74. The van der Waals surface area contributed by atoms with Gasteiger partial charge in [0.25, 0.3) is 0 Å². The van der Waals surface area contributed by atoms with Gasteiger partial charge in [0.05, 0.1) is 5.97 Å². The van der Waals surface area contributed by atoms with Crippen LogP contribution in [-0.4, -0.2) is 12.1 Å². The summed E-state index contributed by atoms with van der Waals surface area (Å²) in [4.78, 5) is 23.2. The standard InChI is InChI=1S/C19H24O5/c1-4-6-7-8-15-12(3)14-10-9-13(11-17(14)24-19(15)22)23-16(5-2)18(20)21/h9-11,16H,4-8H2,1-3H3,(H,20,21)/p-1/t16-/m1/s1. The summed E-state index contributed by atoms with van der Waals surface area (Å²) in [5.74, 6) is -0.915. The lowest BCUT2D eigenvalue weighted by Crippen LogP contribution is -2.39. The normalized spacial score (nSPS) is 12.3. The highest BCUT2D eigenvalue weighted by Crippen LogP contribution is 2.25. The van der Waals surface area contributed by atoms with Crippen molar-refractivity contribution in [1.82, 2.24) is 0 Å². The van der Waals surface area contributed by atoms with Gasteiger partial charge in [-0.1, -0.05) is 26.7 Å². The van der Waals surface area contributed by atoms with E-state index < -0.39 is 12.1 Å². The van der Waals surface area contributed by atoms with Crippen molar-refractivity contribution >= 4 is 16.9 Å². The van der Waals surface area contributed by atoms with Crippen LogP contribution in [0.5, 0.6) is 5.75 Å². The molecule has 5 heteroatoms. The summed E-state index contributed by atoms with van der Waals surface area (Å²) < 4.78 is 10.8. The van der Waals surface area contributed by atoms with Gasteiger partial charge in [-0.25, -0.2) is 4.79 Å². The van der Waals surface area contributed by atoms with Gasteiger partial charge in [0.15, 0.2) is 0 Å². The zero-order valence-corrected chi connectivity index (χ0v) is 14.4. The van der Waals surface area contributed by atoms with Crippen LogP contribution in [0.4, 0.5) is 0 Å². The van der Waals surface area contributed by atoms with Crippen LogP contribution in [0.3, 0.4) is 0 Å². The van der Waals surface area contributed by atoms with E-state index in [2.05, 4.69) is 6.92 Å². The molecule has 0 aliphatic heterocycles. The molecule has 0 spiro atoms. The largest absolute Gasteiger partial charge is 0.546 e. The molecule has 0 amide bonds. The summed E-state index contributed by atoms with van der Waals surface area (Å²) >= 11 is 0. The van der Waals surface area contributed by atoms with Crippen molar-refractivity contribution < 1.29 is 19.1 Å². The number of aryl methyl sites for hydroxylation is 1. The number of rotatable bonds is 8. The van der Waals surface area contributed by atoms with Crippen LogP contribution in [0.15, 0.2) is 27.4 Å². The van der Waals surface area contributed by atoms with E-state index in [1.807, 2.05) is 6.92 Å². The Balaban J connectivity index is 2.35. The number of aliphatic carboxylic acids is 1. The second kappa shape index (κ2) is 7.99. The van der Waals surface area contributed by atoms with Crippen molar-refractivity contribution in [2.24, 2.45) is 0 Å². The lowest BCUT2D eigenvalue weighted by atomic mass is 10.0. The first-order valence-electron chi connectivity index (χ1n) is 8.41. The molecule has 0 saturated heterocycles. The van der Waals surface area contributed by atoms with Crippen LogP contribution >= 0.6 is 0 Å². The molecule has 2 aromatic rings. The van der Waals surface area contributed by atoms with Crippen LogP contribution in [0, 0.1) is 6.92 Å². The monoisotopic (exact) mass is 331 g/mol. The third-order valence-corrected chi connectivity index (χ3v) is 4.20. The first kappa shape index (κ1) is 18.0. The van der Waals surface area contributed by atoms with E-state index in [9.17, 15) is 14.7 Å². The summed E-state index contributed by atoms with van der Waals surface area (Å²) in [5, 5.41) is 11.8. The SMILES string of the molecule is CCCCCc1c(C)c2ccc(O[C@H](CC)C(=O)[O-])cc2oc1=O. The highest BCUT2D eigenvalue weighted by molar-refractivity contribution is 5.82. The van der Waals surface area contributed by atoms with Crippen molar-refractivity contribution in [3.05, 3.63) is 39.7 Å². The van der Waals surface area contributed by atoms with Crippen LogP contribution in [0.25, 0.3) is 11.0 Å². The van der Waals surface area contributed by atoms with E-state index in [1.54, 1.807) is 25.1 Å². The Labute approximate surface area is 141 Å². The number of unbranched alkanes of at least 4 members (excludes halogenated alkanes) is 2. The second-order valence-corrected chi connectivity index (χ2v) is 5.94. The van der Waals surface area contributed by atoms with E-state index >= 15 is 0 Å². The van der Waals surface area contributed by atoms with Gasteiger partial charge < -0.3 is 19.1 Å². The minimum absolute atomic E-state index is 0.291. The van der Waals surface area contributed by atoms with Gasteiger partial charge in [-0.2, -0.15) is 0 Å². The molecule has 0 saturated carbocycles. The number of carboxylic acids is 1. The molecule has 1 heterocycles. The highest BCUT2D eigenvalue weighted by atomic mass is 16.5. The molecule has 0 fully saturated rings. The fraction of sp³-hybridized carbons (Fsp3) is 0.474. The van der Waals surface area contributed by atoms with Crippen molar-refractivity contribution in [3.8, 4) is 5.75 Å². The predicted molar refractivity (Wildman–Crippen MR) is 90.2 cm³/mol. The number of hydrogen-bond donors (Lipinski definition) is 0. The molecule has 1 atom stereocenters. The Hall–Kier alpha value is -2.30. The minimum atomic E-state index is -1.26. The fourth-order valence-corrected chi connectivity index (χ4v) is 2.75. The summed E-state index contributed by atoms with van der Waals surface area (Å²) in [6.07, 6.45) is 3.10. The zero-order chi connectivity index (χ0) is 17.7. The van der Waals surface area contributed by atoms with Crippen molar-refractivity contribution in [3.63, 3.8) is 0 Å². The summed E-state index contributed by atoms with van der Waals surface area (Å²) in [5.41, 5.74) is 1.70. The number of ether oxygens (including phenoxy) is 1. The number of fused-ring (bicyclic) bond motifs is 1. The minimum Gasteiger partial charge on any atom is -0.546 e. The summed E-state index contributed by atoms with van der Waals surface area (Å²) in [6, 6.07) is 5.05. The quantitative estimate of drug-likeness (QED) is 0.549. The first-order chi connectivity index (χ1) is 11.5. The molecule has 0 radical (unpaired) electrons. The van der Waals surface area contributed by atoms with E-state index in [4.69, 9.17) is 9.15 Å². The van der Waals surface area contributed by atoms with Crippen LogP contribution in [0.1, 0.15) is 50.7 Å². The molecule has 130 valence electrons. The molecule has 0 aliphatic carbocycles. The third-order valence-electron chi connectivity index (χ3n) is 4.20. The Kier molecular flexibility index (Phi) is 6.01. The topological polar surface area (TPSA) is 79.6 Å². The smallest absolute Gasteiger partial charge is 0.339 e. The van der Waals surface area contributed by atoms with Crippen LogP contribution in [-0.2, 0) is 11.2 Å². The van der Waals surface area contributed by atoms with Gasteiger partial charge >= 0.3 is 5.63 Å². The Morgan fingerprint density at radius 2 is 2.04 bits per heavy atom. The molecule has 1 aromatic heterocycles. The number of carbonyl (C=O) groups is 1.